The van der Waals surface area contributed by atoms with Crippen molar-refractivity contribution in [2.45, 2.75) is 136 Å². The van der Waals surface area contributed by atoms with Crippen LogP contribution in [0.2, 0.25) is 0 Å². The van der Waals surface area contributed by atoms with Crippen LogP contribution in [0.5, 0.6) is 0 Å². The van der Waals surface area contributed by atoms with Crippen molar-refractivity contribution in [2.75, 3.05) is 162 Å². The number of carbonyl (C=O) groups excluding carboxylic acids is 2. The molecule has 6 saturated heterocycles. The molecule has 0 spiro atoms. The summed E-state index contributed by atoms with van der Waals surface area (Å²) in [5, 5.41) is 37.8. The van der Waals surface area contributed by atoms with E-state index in [9.17, 15) is 54.2 Å². The number of carbonyl (C=O) groups is 2. The molecule has 8 aliphatic heterocycles. The van der Waals surface area contributed by atoms with Crippen molar-refractivity contribution < 1.29 is 76.8 Å². The molecule has 0 aliphatic carbocycles. The van der Waals surface area contributed by atoms with Crippen molar-refractivity contribution in [3.63, 3.8) is 0 Å². The number of halogens is 7. The van der Waals surface area contributed by atoms with Crippen molar-refractivity contribution in [3.05, 3.63) is 70.0 Å². The number of alkyl halides is 7. The molecule has 6 fully saturated rings. The third-order valence-electron chi connectivity index (χ3n) is 21.4. The van der Waals surface area contributed by atoms with Gasteiger partial charge in [0.1, 0.15) is 6.17 Å². The van der Waals surface area contributed by atoms with Gasteiger partial charge < -0.3 is 39.3 Å². The van der Waals surface area contributed by atoms with E-state index in [1.807, 2.05) is 14.7 Å². The van der Waals surface area contributed by atoms with Crippen LogP contribution in [0.1, 0.15) is 91.1 Å². The summed E-state index contributed by atoms with van der Waals surface area (Å²) in [5.41, 5.74) is 0.926. The van der Waals surface area contributed by atoms with Crippen molar-refractivity contribution >= 4 is 55.4 Å². The van der Waals surface area contributed by atoms with Gasteiger partial charge in [-0.3, -0.25) is 28.8 Å². The second kappa shape index (κ2) is 32.1. The van der Waals surface area contributed by atoms with Crippen LogP contribution in [0.3, 0.4) is 0 Å². The maximum absolute atomic E-state index is 15.1. The van der Waals surface area contributed by atoms with E-state index in [0.29, 0.717) is 172 Å². The summed E-state index contributed by atoms with van der Waals surface area (Å²) in [7, 11) is -7.75. The van der Waals surface area contributed by atoms with Crippen molar-refractivity contribution in [2.24, 2.45) is 11.8 Å². The van der Waals surface area contributed by atoms with E-state index < -0.39 is 79.9 Å². The summed E-state index contributed by atoms with van der Waals surface area (Å²) in [4.78, 5) is 39.8. The second-order valence-corrected chi connectivity index (χ2v) is 34.2. The minimum absolute atomic E-state index is 0.00858. The standard InChI is InChI=1S/C67H93F7N12O10S4/c1-99(91,92)83-25-15-54-50(41-83)60(47-5-7-52(66(69,70)71)58(39-47)98-38-32-78-27-33-95-34-28-78)75-85(54)44-57(88)62(80-23-11-46(12-24-80)65(90)82-29-35-96-36-30-82)63(56(87)43-79-19-9-45(10-20-79)64(89)81-17-3-4-18-81)86-55-16-26-84(100(2,93)94)42-51(55)61(76-86)48-6-8-53(67(72,73)74)59(40-48)97-37-31-77-21-13-49(68)14-22-77/h5-8,39-40,45-46,49,56-57,62-63,87-88H,3-4,9-38,41-44H2,1-2H3. The highest BCUT2D eigenvalue weighted by Crippen LogP contribution is 2.45. The molecule has 10 heterocycles. The third-order valence-corrected chi connectivity index (χ3v) is 25.9. The number of hydrogen-bond acceptors (Lipinski definition) is 18. The molecule has 0 radical (unpaired) electrons. The number of hydrogen-bond donors (Lipinski definition) is 2. The van der Waals surface area contributed by atoms with E-state index >= 15 is 13.2 Å². The van der Waals surface area contributed by atoms with Crippen LogP contribution in [0.15, 0.2) is 46.2 Å². The normalized spacial score (nSPS) is 22.3. The number of sulfonamides is 2. The monoisotopic (exact) mass is 1490 g/mol. The number of fused-ring (bicyclic) bond motifs is 2. The molecule has 8 aliphatic rings. The summed E-state index contributed by atoms with van der Waals surface area (Å²) >= 11 is 2.04. The highest BCUT2D eigenvalue weighted by atomic mass is 32.2. The molecule has 0 bridgehead atoms. The molecular weight excluding hydrogens is 1390 g/mol. The van der Waals surface area contributed by atoms with Gasteiger partial charge in [0, 0.05) is 178 Å². The Balaban J connectivity index is 0.968. The Kier molecular flexibility index (Phi) is 24.1. The zero-order chi connectivity index (χ0) is 70.8. The second-order valence-electron chi connectivity index (χ2n) is 27.9. The predicted octanol–water partition coefficient (Wildman–Crippen LogP) is 6.27. The first kappa shape index (κ1) is 75.2. The van der Waals surface area contributed by atoms with Gasteiger partial charge in [-0.15, -0.1) is 23.5 Å². The summed E-state index contributed by atoms with van der Waals surface area (Å²) in [6.45, 7) is 7.58. The van der Waals surface area contributed by atoms with Gasteiger partial charge in [-0.05, 0) is 102 Å². The number of benzene rings is 2. The molecule has 4 atom stereocenters. The number of thioether (sulfide) groups is 2. The Labute approximate surface area is 589 Å². The fourth-order valence-electron chi connectivity index (χ4n) is 15.8. The summed E-state index contributed by atoms with van der Waals surface area (Å²) < 4.78 is 175. The molecule has 554 valence electrons. The van der Waals surface area contributed by atoms with Crippen molar-refractivity contribution in [3.8, 4) is 22.5 Å². The summed E-state index contributed by atoms with van der Waals surface area (Å²) in [6, 6.07) is 5.04. The Morgan fingerprint density at radius 3 is 1.53 bits per heavy atom. The molecule has 2 amide bonds. The van der Waals surface area contributed by atoms with Crippen LogP contribution in [0.25, 0.3) is 22.5 Å². The molecule has 4 unspecified atom stereocenters. The third kappa shape index (κ3) is 17.7. The number of morpholine rings is 2. The van der Waals surface area contributed by atoms with Gasteiger partial charge in [-0.25, -0.2) is 21.2 Å². The van der Waals surface area contributed by atoms with Gasteiger partial charge in [0.25, 0.3) is 0 Å². The Morgan fingerprint density at radius 2 is 1.01 bits per heavy atom. The SMILES string of the molecule is CS(=O)(=O)N1CCc2c(c(-c3ccc(C(F)(F)F)c(SCCN4CCOCC4)c3)nn2CC(O)C(C(C(O)CN2CCC(C(=O)N3CCCC3)CC2)n2nc(-c3ccc(C(F)(F)F)c(SCCN4CCC(F)CC4)c3)c3c2CCN(S(C)(=O)=O)C3)N2CCC(C(=O)N3CCOCC3)CC2)C1. The quantitative estimate of drug-likeness (QED) is 0.0617. The van der Waals surface area contributed by atoms with E-state index in [4.69, 9.17) is 19.7 Å². The van der Waals surface area contributed by atoms with Crippen molar-refractivity contribution in [1.82, 2.24) is 57.6 Å². The Bertz CT molecular complexity index is 3730. The number of aliphatic hydroxyl groups excluding tert-OH is 2. The predicted molar refractivity (Wildman–Crippen MR) is 364 cm³/mol. The minimum Gasteiger partial charge on any atom is -0.389 e. The molecule has 100 heavy (non-hydrogen) atoms. The number of aliphatic hydroxyl groups is 2. The summed E-state index contributed by atoms with van der Waals surface area (Å²) in [5.74, 6) is -0.0461. The maximum Gasteiger partial charge on any atom is 0.417 e. The zero-order valence-corrected chi connectivity index (χ0v) is 60.0. The molecule has 2 aromatic heterocycles. The highest BCUT2D eigenvalue weighted by molar-refractivity contribution is 7.99. The zero-order valence-electron chi connectivity index (χ0n) is 56.8. The first-order valence-electron chi connectivity index (χ1n) is 35.1. The van der Waals surface area contributed by atoms with E-state index in [1.54, 1.807) is 14.3 Å². The molecule has 2 N–H and O–H groups in total. The number of piperidine rings is 3. The van der Waals surface area contributed by atoms with Crippen LogP contribution >= 0.6 is 23.5 Å². The largest absolute Gasteiger partial charge is 0.417 e. The average Bonchev–Trinajstić information content (AvgIpc) is 1.58. The molecule has 12 rings (SSSR count). The van der Waals surface area contributed by atoms with Gasteiger partial charge in [0.15, 0.2) is 0 Å². The molecule has 22 nitrogen and oxygen atoms in total. The molecule has 0 saturated carbocycles. The van der Waals surface area contributed by atoms with Gasteiger partial charge in [-0.1, -0.05) is 12.1 Å². The molecule has 33 heteroatoms. The first-order chi connectivity index (χ1) is 47.7. The maximum atomic E-state index is 15.1. The molecule has 4 aromatic rings. The number of rotatable bonds is 23. The molecular formula is C67H93F7N12O10S4. The summed E-state index contributed by atoms with van der Waals surface area (Å²) in [6.07, 6.45) is -6.97. The van der Waals surface area contributed by atoms with Gasteiger partial charge >= 0.3 is 12.4 Å². The van der Waals surface area contributed by atoms with Crippen LogP contribution in [-0.2, 0) is 83.9 Å². The van der Waals surface area contributed by atoms with E-state index in [1.165, 1.54) is 32.9 Å². The number of nitrogens with zero attached hydrogens (tertiary/aromatic N) is 12. The smallest absolute Gasteiger partial charge is 0.389 e. The topological polar surface area (TPSA) is 223 Å². The Morgan fingerprint density at radius 1 is 0.560 bits per heavy atom. The van der Waals surface area contributed by atoms with Crippen LogP contribution in [0.4, 0.5) is 30.7 Å². The number of likely N-dealkylation sites (tertiary alicyclic amines) is 4. The van der Waals surface area contributed by atoms with E-state index in [0.717, 1.165) is 61.0 Å². The number of amides is 2. The van der Waals surface area contributed by atoms with Gasteiger partial charge in [0.2, 0.25) is 31.9 Å². The fourth-order valence-corrected chi connectivity index (χ4v) is 19.6. The van der Waals surface area contributed by atoms with Gasteiger partial charge in [-0.2, -0.15) is 45.2 Å². The lowest BCUT2D eigenvalue weighted by Gasteiger charge is -2.46. The van der Waals surface area contributed by atoms with Gasteiger partial charge in [0.05, 0.1) is 92.3 Å². The number of β-amino-alcohol motifs (C(OH)–C–C–N with tert-alkyl or cyclic N) is 1. The van der Waals surface area contributed by atoms with E-state index in [-0.39, 0.29) is 121 Å². The molecule has 2 aromatic carbocycles. The first-order valence-corrected chi connectivity index (χ1v) is 40.7. The lowest BCUT2D eigenvalue weighted by Crippen LogP contribution is -2.58. The van der Waals surface area contributed by atoms with Crippen LogP contribution in [-0.4, -0.2) is 283 Å². The Hall–Kier alpha value is -4.49. The van der Waals surface area contributed by atoms with Crippen LogP contribution < -0.4 is 0 Å². The van der Waals surface area contributed by atoms with Crippen LogP contribution in [0, 0.1) is 11.8 Å². The lowest BCUT2D eigenvalue weighted by atomic mass is 9.88. The number of aromatic nitrogens is 4. The van der Waals surface area contributed by atoms with E-state index in [2.05, 4.69) is 9.80 Å². The highest BCUT2D eigenvalue weighted by Gasteiger charge is 2.47. The van der Waals surface area contributed by atoms with Crippen molar-refractivity contribution in [1.29, 1.82) is 0 Å². The lowest BCUT2D eigenvalue weighted by molar-refractivity contribution is -0.142. The average molecular weight is 1490 g/mol. The minimum atomic E-state index is -4.78. The number of ether oxygens (including phenoxy) is 2. The fraction of sp³-hybridized carbons (Fsp3) is 0.701.